The van der Waals surface area contributed by atoms with Crippen molar-refractivity contribution < 1.29 is 24.0 Å². The van der Waals surface area contributed by atoms with E-state index in [9.17, 15) is 19.7 Å². The summed E-state index contributed by atoms with van der Waals surface area (Å²) in [5.74, 6) is -1.11. The molecule has 1 heterocycles. The molecule has 0 saturated carbocycles. The summed E-state index contributed by atoms with van der Waals surface area (Å²) in [6.45, 7) is 0. The third-order valence-corrected chi connectivity index (χ3v) is 6.90. The second-order valence-corrected chi connectivity index (χ2v) is 7.81. The number of non-ortho nitro benzene ring substituents is 1. The predicted molar refractivity (Wildman–Crippen MR) is 92.1 cm³/mol. The van der Waals surface area contributed by atoms with Gasteiger partial charge in [0.25, 0.3) is 5.69 Å². The Labute approximate surface area is 147 Å². The molecular formula is C15H17NO6S2. The molecule has 0 unspecified atom stereocenters. The molecule has 1 aromatic carbocycles. The number of thioether (sulfide) groups is 2. The molecule has 0 N–H and O–H groups in total. The molecule has 2 rings (SSSR count). The van der Waals surface area contributed by atoms with Crippen molar-refractivity contribution in [2.75, 3.05) is 25.7 Å². The van der Waals surface area contributed by atoms with Gasteiger partial charge in [-0.25, -0.2) is 0 Å². The van der Waals surface area contributed by atoms with Crippen molar-refractivity contribution in [1.29, 1.82) is 0 Å². The number of carbonyl (C=O) groups is 2. The fourth-order valence-corrected chi connectivity index (χ4v) is 5.79. The van der Waals surface area contributed by atoms with E-state index in [4.69, 9.17) is 9.47 Å². The summed E-state index contributed by atoms with van der Waals surface area (Å²) < 4.78 is 9.55. The lowest BCUT2D eigenvalue weighted by Gasteiger charge is -2.27. The van der Waals surface area contributed by atoms with E-state index in [1.807, 2.05) is 0 Å². The summed E-state index contributed by atoms with van der Waals surface area (Å²) in [7, 11) is 2.44. The molecule has 0 amide bonds. The molecular weight excluding hydrogens is 354 g/mol. The van der Waals surface area contributed by atoms with Gasteiger partial charge < -0.3 is 9.47 Å². The Morgan fingerprint density at radius 3 is 2.04 bits per heavy atom. The summed E-state index contributed by atoms with van der Waals surface area (Å²) in [5.41, 5.74) is 0.630. The van der Waals surface area contributed by atoms with Crippen LogP contribution in [-0.2, 0) is 19.1 Å². The maximum Gasteiger partial charge on any atom is 0.320 e. The number of carbonyl (C=O) groups excluding carboxylic acids is 2. The first kappa shape index (κ1) is 18.6. The van der Waals surface area contributed by atoms with E-state index >= 15 is 0 Å². The first-order valence-corrected chi connectivity index (χ1v) is 9.22. The lowest BCUT2D eigenvalue weighted by molar-refractivity contribution is -0.384. The maximum absolute atomic E-state index is 12.2. The Morgan fingerprint density at radius 2 is 1.62 bits per heavy atom. The number of benzene rings is 1. The van der Waals surface area contributed by atoms with E-state index in [1.165, 1.54) is 26.4 Å². The Kier molecular flexibility index (Phi) is 6.50. The van der Waals surface area contributed by atoms with Crippen LogP contribution in [0.3, 0.4) is 0 Å². The van der Waals surface area contributed by atoms with Crippen LogP contribution in [0.1, 0.15) is 11.5 Å². The van der Waals surface area contributed by atoms with Crippen molar-refractivity contribution >= 4 is 41.1 Å². The van der Waals surface area contributed by atoms with Gasteiger partial charge in [-0.05, 0) is 5.56 Å². The first-order chi connectivity index (χ1) is 11.5. The Morgan fingerprint density at radius 1 is 1.12 bits per heavy atom. The van der Waals surface area contributed by atoms with Gasteiger partial charge in [0.15, 0.2) is 5.92 Å². The van der Waals surface area contributed by atoms with Crippen LogP contribution in [0, 0.1) is 16.0 Å². The molecule has 0 bridgehead atoms. The molecule has 130 valence electrons. The lowest BCUT2D eigenvalue weighted by Crippen LogP contribution is -2.35. The van der Waals surface area contributed by atoms with Gasteiger partial charge in [0.1, 0.15) is 0 Å². The average molecular weight is 371 g/mol. The number of methoxy groups -OCH3 is 2. The summed E-state index contributed by atoms with van der Waals surface area (Å²) in [6.07, 6.45) is 0. The molecule has 0 spiro atoms. The molecule has 7 nitrogen and oxygen atoms in total. The van der Waals surface area contributed by atoms with E-state index in [-0.39, 0.29) is 10.3 Å². The summed E-state index contributed by atoms with van der Waals surface area (Å²) >= 11 is 3.31. The molecule has 0 aromatic heterocycles. The molecule has 1 atom stereocenters. The second-order valence-electron chi connectivity index (χ2n) is 5.01. The number of nitro benzene ring substituents is 1. The molecule has 1 aliphatic heterocycles. The zero-order valence-corrected chi connectivity index (χ0v) is 14.8. The quantitative estimate of drug-likeness (QED) is 0.326. The fourth-order valence-electron chi connectivity index (χ4n) is 2.55. The molecule has 0 radical (unpaired) electrons. The van der Waals surface area contributed by atoms with Gasteiger partial charge in [-0.1, -0.05) is 12.1 Å². The van der Waals surface area contributed by atoms with Crippen LogP contribution < -0.4 is 0 Å². The Bertz CT molecular complexity index is 599. The normalized spacial score (nSPS) is 16.0. The van der Waals surface area contributed by atoms with Crippen molar-refractivity contribution in [3.63, 3.8) is 0 Å². The highest BCUT2D eigenvalue weighted by molar-refractivity contribution is 8.20. The molecule has 1 aromatic rings. The van der Waals surface area contributed by atoms with Gasteiger partial charge in [0, 0.05) is 29.6 Å². The monoisotopic (exact) mass is 371 g/mol. The minimum Gasteiger partial charge on any atom is -0.468 e. The van der Waals surface area contributed by atoms with Crippen LogP contribution in [0.25, 0.3) is 0 Å². The van der Waals surface area contributed by atoms with Crippen LogP contribution in [0.4, 0.5) is 5.69 Å². The Balaban J connectivity index is 2.44. The predicted octanol–water partition coefficient (Wildman–Crippen LogP) is 2.45. The molecule has 24 heavy (non-hydrogen) atoms. The van der Waals surface area contributed by atoms with Gasteiger partial charge in [0.2, 0.25) is 0 Å². The number of nitro groups is 1. The van der Waals surface area contributed by atoms with Crippen LogP contribution in [0.2, 0.25) is 0 Å². The smallest absolute Gasteiger partial charge is 0.320 e. The van der Waals surface area contributed by atoms with Gasteiger partial charge >= 0.3 is 11.9 Å². The van der Waals surface area contributed by atoms with Crippen LogP contribution >= 0.6 is 23.5 Å². The summed E-state index contributed by atoms with van der Waals surface area (Å²) in [4.78, 5) is 34.8. The highest BCUT2D eigenvalue weighted by atomic mass is 32.2. The van der Waals surface area contributed by atoms with Gasteiger partial charge in [-0.3, -0.25) is 19.7 Å². The minimum absolute atomic E-state index is 0.0327. The average Bonchev–Trinajstić information content (AvgIpc) is 3.12. The van der Waals surface area contributed by atoms with Crippen molar-refractivity contribution in [3.8, 4) is 0 Å². The maximum atomic E-state index is 12.2. The van der Waals surface area contributed by atoms with E-state index < -0.39 is 28.7 Å². The van der Waals surface area contributed by atoms with Gasteiger partial charge in [-0.2, -0.15) is 0 Å². The van der Waals surface area contributed by atoms with E-state index in [0.29, 0.717) is 5.56 Å². The van der Waals surface area contributed by atoms with Crippen molar-refractivity contribution in [2.45, 2.75) is 10.5 Å². The fraction of sp³-hybridized carbons (Fsp3) is 0.467. The second kappa shape index (κ2) is 8.39. The van der Waals surface area contributed by atoms with Crippen LogP contribution in [-0.4, -0.2) is 47.2 Å². The van der Waals surface area contributed by atoms with Crippen LogP contribution in [0.5, 0.6) is 0 Å². The molecule has 1 fully saturated rings. The third-order valence-electron chi connectivity index (χ3n) is 3.70. The number of hydrogen-bond acceptors (Lipinski definition) is 8. The SMILES string of the molecule is COC(=O)C(C(=O)OC)[C@@H](c1ccc([N+](=O)[O-])cc1)C1SCCS1. The van der Waals surface area contributed by atoms with Crippen LogP contribution in [0.15, 0.2) is 24.3 Å². The number of rotatable bonds is 6. The standard InChI is InChI=1S/C15H17NO6S2/c1-21-13(17)12(14(18)22-2)11(15-23-7-8-24-15)9-3-5-10(6-4-9)16(19)20/h3-6,11-12,15H,7-8H2,1-2H3/t11-/m1/s1. The zero-order valence-electron chi connectivity index (χ0n) is 13.2. The van der Waals surface area contributed by atoms with E-state index in [1.54, 1.807) is 35.7 Å². The van der Waals surface area contributed by atoms with E-state index in [2.05, 4.69) is 0 Å². The number of hydrogen-bond donors (Lipinski definition) is 0. The first-order valence-electron chi connectivity index (χ1n) is 7.12. The van der Waals surface area contributed by atoms with Crippen molar-refractivity contribution in [2.24, 2.45) is 5.92 Å². The highest BCUT2D eigenvalue weighted by Gasteiger charge is 2.43. The number of nitrogens with zero attached hydrogens (tertiary/aromatic N) is 1. The molecule has 1 saturated heterocycles. The lowest BCUT2D eigenvalue weighted by atomic mass is 9.87. The summed E-state index contributed by atoms with van der Waals surface area (Å²) in [6, 6.07) is 5.92. The van der Waals surface area contributed by atoms with Crippen molar-refractivity contribution in [3.05, 3.63) is 39.9 Å². The van der Waals surface area contributed by atoms with Gasteiger partial charge in [-0.15, -0.1) is 23.5 Å². The molecule has 0 aliphatic carbocycles. The summed E-state index contributed by atoms with van der Waals surface area (Å²) in [5, 5.41) is 10.8. The Hall–Kier alpha value is -1.74. The highest BCUT2D eigenvalue weighted by Crippen LogP contribution is 2.46. The van der Waals surface area contributed by atoms with E-state index in [0.717, 1.165) is 11.5 Å². The third kappa shape index (κ3) is 4.02. The number of esters is 2. The molecule has 1 aliphatic rings. The largest absolute Gasteiger partial charge is 0.468 e. The molecule has 9 heteroatoms. The zero-order chi connectivity index (χ0) is 17.7. The van der Waals surface area contributed by atoms with Crippen molar-refractivity contribution in [1.82, 2.24) is 0 Å². The van der Waals surface area contributed by atoms with Gasteiger partial charge in [0.05, 0.1) is 23.7 Å². The minimum atomic E-state index is -1.11. The topological polar surface area (TPSA) is 95.7 Å². The number of ether oxygens (including phenoxy) is 2.